The quantitative estimate of drug-likeness (QED) is 0.808. The Labute approximate surface area is 121 Å². The molecule has 3 fully saturated rings. The van der Waals surface area contributed by atoms with Crippen LogP contribution < -0.4 is 10.6 Å². The highest BCUT2D eigenvalue weighted by molar-refractivity contribution is 5.79. The van der Waals surface area contributed by atoms with Crippen molar-refractivity contribution in [2.45, 2.75) is 38.5 Å². The van der Waals surface area contributed by atoms with Gasteiger partial charge in [-0.05, 0) is 26.2 Å². The van der Waals surface area contributed by atoms with Crippen LogP contribution in [0, 0.1) is 16.7 Å². The average Bonchev–Trinajstić information content (AvgIpc) is 2.88. The summed E-state index contributed by atoms with van der Waals surface area (Å²) in [5.74, 6) is -0.235. The van der Waals surface area contributed by atoms with Crippen molar-refractivity contribution in [2.24, 2.45) is 16.7 Å². The van der Waals surface area contributed by atoms with E-state index in [0.717, 1.165) is 0 Å². The molecule has 2 atom stereocenters. The van der Waals surface area contributed by atoms with Crippen LogP contribution in [0.5, 0.6) is 0 Å². The van der Waals surface area contributed by atoms with Gasteiger partial charge in [-0.15, -0.1) is 0 Å². The first-order chi connectivity index (χ1) is 9.84. The molecule has 0 aromatic rings. The van der Waals surface area contributed by atoms with Gasteiger partial charge < -0.3 is 15.4 Å². The molecule has 0 bridgehead atoms. The number of alkyl halides is 3. The second kappa shape index (κ2) is 4.84. The molecule has 0 aromatic carbocycles. The van der Waals surface area contributed by atoms with E-state index >= 15 is 0 Å². The molecular formula is C14H21F3N2O2. The van der Waals surface area contributed by atoms with Gasteiger partial charge in [0.25, 0.3) is 0 Å². The fourth-order valence-electron chi connectivity index (χ4n) is 3.88. The Balaban J connectivity index is 1.50. The highest BCUT2D eigenvalue weighted by Crippen LogP contribution is 2.72. The number of rotatable bonds is 5. The zero-order chi connectivity index (χ0) is 15.3. The number of carbonyl (C=O) groups is 1. The van der Waals surface area contributed by atoms with Crippen LogP contribution >= 0.6 is 0 Å². The minimum atomic E-state index is -4.20. The summed E-state index contributed by atoms with van der Waals surface area (Å²) in [4.78, 5) is 12.0. The van der Waals surface area contributed by atoms with Crippen molar-refractivity contribution in [1.29, 1.82) is 0 Å². The molecule has 0 radical (unpaired) electrons. The molecule has 120 valence electrons. The van der Waals surface area contributed by atoms with Crippen molar-refractivity contribution >= 4 is 5.91 Å². The molecule has 1 saturated heterocycles. The summed E-state index contributed by atoms with van der Waals surface area (Å²) in [6, 6.07) is 0. The van der Waals surface area contributed by atoms with Crippen molar-refractivity contribution in [3.05, 3.63) is 0 Å². The molecule has 0 unspecified atom stereocenters. The van der Waals surface area contributed by atoms with Gasteiger partial charge in [0, 0.05) is 37.6 Å². The normalized spacial score (nSPS) is 41.3. The molecule has 4 nitrogen and oxygen atoms in total. The van der Waals surface area contributed by atoms with Gasteiger partial charge in [-0.25, -0.2) is 0 Å². The predicted molar refractivity (Wildman–Crippen MR) is 69.6 cm³/mol. The number of piperidine rings is 1. The predicted octanol–water partition coefficient (Wildman–Crippen LogP) is 1.46. The van der Waals surface area contributed by atoms with Crippen molar-refractivity contribution < 1.29 is 22.7 Å². The zero-order valence-corrected chi connectivity index (χ0v) is 12.1. The topological polar surface area (TPSA) is 50.4 Å². The summed E-state index contributed by atoms with van der Waals surface area (Å²) >= 11 is 0. The van der Waals surface area contributed by atoms with Crippen LogP contribution in [0.1, 0.15) is 26.2 Å². The minimum Gasteiger partial charge on any atom is -0.378 e. The molecule has 2 aliphatic carbocycles. The number of halogens is 3. The smallest absolute Gasteiger partial charge is 0.378 e. The van der Waals surface area contributed by atoms with E-state index in [-0.39, 0.29) is 37.4 Å². The Hall–Kier alpha value is -0.820. The summed E-state index contributed by atoms with van der Waals surface area (Å²) in [5.41, 5.74) is -2.45. The molecule has 2 N–H and O–H groups in total. The third kappa shape index (κ3) is 2.25. The summed E-state index contributed by atoms with van der Waals surface area (Å²) in [7, 11) is 0. The maximum Gasteiger partial charge on any atom is 0.396 e. The summed E-state index contributed by atoms with van der Waals surface area (Å²) in [6.45, 7) is 2.96. The second-order valence-corrected chi connectivity index (χ2v) is 6.60. The molecule has 1 heterocycles. The maximum atomic E-state index is 13.2. The first-order valence-electron chi connectivity index (χ1n) is 7.50. The van der Waals surface area contributed by atoms with Crippen LogP contribution in [0.2, 0.25) is 0 Å². The summed E-state index contributed by atoms with van der Waals surface area (Å²) < 4.78 is 44.9. The maximum absolute atomic E-state index is 13.2. The highest BCUT2D eigenvalue weighted by Gasteiger charge is 2.81. The Morgan fingerprint density at radius 2 is 2.10 bits per heavy atom. The van der Waals surface area contributed by atoms with Crippen LogP contribution in [-0.4, -0.2) is 44.4 Å². The minimum absolute atomic E-state index is 0.0256. The summed E-state index contributed by atoms with van der Waals surface area (Å²) in [6.07, 6.45) is -2.59. The van der Waals surface area contributed by atoms with E-state index in [9.17, 15) is 18.0 Å². The fourth-order valence-corrected chi connectivity index (χ4v) is 3.88. The molecule has 2 saturated carbocycles. The monoisotopic (exact) mass is 306 g/mol. The van der Waals surface area contributed by atoms with Crippen molar-refractivity contribution in [3.63, 3.8) is 0 Å². The average molecular weight is 306 g/mol. The molecule has 21 heavy (non-hydrogen) atoms. The lowest BCUT2D eigenvalue weighted by Crippen LogP contribution is -2.45. The number of fused-ring (bicyclic) bond motifs is 1. The third-order valence-corrected chi connectivity index (χ3v) is 5.43. The van der Waals surface area contributed by atoms with E-state index in [1.165, 1.54) is 0 Å². The van der Waals surface area contributed by atoms with Gasteiger partial charge in [-0.2, -0.15) is 13.2 Å². The first kappa shape index (κ1) is 15.1. The van der Waals surface area contributed by atoms with E-state index in [0.29, 0.717) is 26.0 Å². The zero-order valence-electron chi connectivity index (χ0n) is 12.1. The molecule has 7 heteroatoms. The summed E-state index contributed by atoms with van der Waals surface area (Å²) in [5, 5.41) is 5.56. The van der Waals surface area contributed by atoms with Crippen LogP contribution in [-0.2, 0) is 9.53 Å². The van der Waals surface area contributed by atoms with E-state index in [2.05, 4.69) is 10.6 Å². The molecule has 1 amide bonds. The largest absolute Gasteiger partial charge is 0.396 e. The van der Waals surface area contributed by atoms with Gasteiger partial charge in [-0.3, -0.25) is 4.79 Å². The molecule has 3 rings (SSSR count). The van der Waals surface area contributed by atoms with E-state index in [4.69, 9.17) is 4.74 Å². The van der Waals surface area contributed by atoms with Crippen LogP contribution in [0.4, 0.5) is 13.2 Å². The number of carbonyl (C=O) groups excluding carboxylic acids is 1. The van der Waals surface area contributed by atoms with Crippen LogP contribution in [0.15, 0.2) is 0 Å². The van der Waals surface area contributed by atoms with Gasteiger partial charge >= 0.3 is 6.18 Å². The molecular weight excluding hydrogens is 285 g/mol. The number of nitrogens with one attached hydrogen (secondary N) is 2. The number of ether oxygens (including phenoxy) is 1. The fraction of sp³-hybridized carbons (Fsp3) is 0.929. The lowest BCUT2D eigenvalue weighted by Gasteiger charge is -2.34. The Morgan fingerprint density at radius 1 is 1.38 bits per heavy atom. The lowest BCUT2D eigenvalue weighted by molar-refractivity contribution is -0.190. The Kier molecular flexibility index (Phi) is 3.48. The van der Waals surface area contributed by atoms with E-state index in [1.807, 2.05) is 6.92 Å². The first-order valence-corrected chi connectivity index (χ1v) is 7.50. The van der Waals surface area contributed by atoms with Gasteiger partial charge in [0.15, 0.2) is 0 Å². The molecule has 0 spiro atoms. The third-order valence-electron chi connectivity index (χ3n) is 5.43. The lowest BCUT2D eigenvalue weighted by atomic mass is 9.81. The standard InChI is InChI=1S/C14H21F3N2O2/c1-2-21-10-3-9(4-10)11(20)19-7-12-5-13(12,8-18-6-12)14(15,16)17/h9-10,18H,2-8H2,1H3,(H,19,20)/t9?,10?,12-,13-/m1/s1. The molecule has 3 aliphatic rings. The van der Waals surface area contributed by atoms with Crippen molar-refractivity contribution in [2.75, 3.05) is 26.2 Å². The SMILES string of the molecule is CCOC1CC(C(=O)NC[C@@]23CNC[C@]2(C(F)(F)F)C3)C1. The van der Waals surface area contributed by atoms with E-state index in [1.54, 1.807) is 0 Å². The van der Waals surface area contributed by atoms with Crippen LogP contribution in [0.3, 0.4) is 0 Å². The van der Waals surface area contributed by atoms with Gasteiger partial charge in [0.05, 0.1) is 11.5 Å². The second-order valence-electron chi connectivity index (χ2n) is 6.60. The van der Waals surface area contributed by atoms with Gasteiger partial charge in [-0.1, -0.05) is 0 Å². The van der Waals surface area contributed by atoms with E-state index < -0.39 is 17.0 Å². The van der Waals surface area contributed by atoms with Gasteiger partial charge in [0.2, 0.25) is 5.91 Å². The Bertz CT molecular complexity index is 436. The Morgan fingerprint density at radius 3 is 2.67 bits per heavy atom. The number of hydrogen-bond acceptors (Lipinski definition) is 3. The van der Waals surface area contributed by atoms with Crippen LogP contribution in [0.25, 0.3) is 0 Å². The number of hydrogen-bond donors (Lipinski definition) is 2. The molecule has 1 aliphatic heterocycles. The van der Waals surface area contributed by atoms with Gasteiger partial charge in [0.1, 0.15) is 0 Å². The molecule has 0 aromatic heterocycles. The highest BCUT2D eigenvalue weighted by atomic mass is 19.4. The number of amides is 1. The van der Waals surface area contributed by atoms with Crippen molar-refractivity contribution in [3.8, 4) is 0 Å². The van der Waals surface area contributed by atoms with Crippen molar-refractivity contribution in [1.82, 2.24) is 10.6 Å².